The zero-order valence-corrected chi connectivity index (χ0v) is 22.9. The van der Waals surface area contributed by atoms with Gasteiger partial charge in [0.2, 0.25) is 0 Å². The summed E-state index contributed by atoms with van der Waals surface area (Å²) in [7, 11) is 0. The molecule has 0 amide bonds. The Kier molecular flexibility index (Phi) is 6.16. The molecule has 2 aliphatic carbocycles. The molecule has 0 saturated carbocycles. The van der Waals surface area contributed by atoms with Crippen LogP contribution in [-0.4, -0.2) is 15.9 Å². The lowest BCUT2D eigenvalue weighted by Gasteiger charge is -2.35. The maximum Gasteiger partial charge on any atom is 0.348 e. The van der Waals surface area contributed by atoms with Crippen molar-refractivity contribution in [2.45, 2.75) is 0 Å². The van der Waals surface area contributed by atoms with Crippen molar-refractivity contribution in [1.82, 2.24) is 0 Å². The predicted molar refractivity (Wildman–Crippen MR) is 175 cm³/mol. The molecule has 0 radical (unpaired) electrons. The van der Waals surface area contributed by atoms with Gasteiger partial charge in [-0.1, -0.05) is 152 Å². The molecule has 0 saturated heterocycles. The van der Waals surface area contributed by atoms with E-state index in [1.165, 1.54) is 21.2 Å². The van der Waals surface area contributed by atoms with Crippen LogP contribution in [-0.2, 0) is 0 Å². The number of hydrogen-bond donors (Lipinski definition) is 0. The molecule has 190 valence electrons. The fourth-order valence-electron chi connectivity index (χ4n) is 6.14. The molecule has 0 bridgehead atoms. The first-order valence-electron chi connectivity index (χ1n) is 13.6. The summed E-state index contributed by atoms with van der Waals surface area (Å²) in [6, 6.07) is 49.7. The van der Waals surface area contributed by atoms with E-state index in [0.717, 1.165) is 33.4 Å². The van der Waals surface area contributed by atoms with E-state index in [1.807, 2.05) is 12.2 Å². The number of hydrogen-bond acceptors (Lipinski definition) is 0. The third kappa shape index (κ3) is 3.82. The van der Waals surface area contributed by atoms with Gasteiger partial charge in [-0.05, 0) is 56.4 Å². The van der Waals surface area contributed by atoms with Crippen LogP contribution in [0.2, 0.25) is 0 Å². The Balaban J connectivity index is 1.77. The second-order valence-electron chi connectivity index (χ2n) is 10.0. The number of fused-ring (bicyclic) bond motifs is 2. The van der Waals surface area contributed by atoms with Crippen molar-refractivity contribution >= 4 is 57.2 Å². The smallest absolute Gasteiger partial charge is 0.273 e. The lowest BCUT2D eigenvalue weighted by atomic mass is 9.81. The molecule has 7 rings (SSSR count). The zero-order chi connectivity index (χ0) is 26.9. The molecule has 0 fully saturated rings. The van der Waals surface area contributed by atoms with E-state index in [2.05, 4.69) is 152 Å². The van der Waals surface area contributed by atoms with Crippen molar-refractivity contribution in [2.75, 3.05) is 0 Å². The second kappa shape index (κ2) is 10.1. The Morgan fingerprint density at radius 3 is 1.27 bits per heavy atom. The van der Waals surface area contributed by atoms with Crippen molar-refractivity contribution < 1.29 is 4.79 Å². The highest BCUT2D eigenvalue weighted by molar-refractivity contribution is 7.96. The Morgan fingerprint density at radius 1 is 0.375 bits per heavy atom. The summed E-state index contributed by atoms with van der Waals surface area (Å²) >= 11 is 0. The molecule has 0 spiro atoms. The van der Waals surface area contributed by atoms with Crippen LogP contribution in [0.1, 0.15) is 22.3 Å². The van der Waals surface area contributed by atoms with Crippen molar-refractivity contribution in [3.8, 4) is 0 Å². The maximum absolute atomic E-state index is 11.6. The van der Waals surface area contributed by atoms with Gasteiger partial charge in [-0.25, -0.2) is 0 Å². The molecular formula is C38H28OP+. The van der Waals surface area contributed by atoms with Gasteiger partial charge in [-0.3, -0.25) is 4.79 Å². The van der Waals surface area contributed by atoms with Gasteiger partial charge in [-0.2, -0.15) is 0 Å². The summed E-state index contributed by atoms with van der Waals surface area (Å²) in [5, 5.41) is 5.08. The summed E-state index contributed by atoms with van der Waals surface area (Å²) in [6.45, 7) is -2.42. The van der Waals surface area contributed by atoms with E-state index in [4.69, 9.17) is 0 Å². The monoisotopic (exact) mass is 531 g/mol. The SMILES string of the molecule is [OH+]=C1C=Cc2ccccc2C1=C1C(=P(c2ccccc2)(c2ccccc2)c2ccccc2)C=Cc2ccccc21. The second-order valence-corrected chi connectivity index (χ2v) is 13.4. The molecule has 5 aromatic carbocycles. The average molecular weight is 532 g/mol. The summed E-state index contributed by atoms with van der Waals surface area (Å²) < 4.78 is 0. The molecule has 0 heterocycles. The number of rotatable bonds is 3. The highest BCUT2D eigenvalue weighted by atomic mass is 31.2. The molecule has 2 aliphatic rings. The lowest BCUT2D eigenvalue weighted by Crippen LogP contribution is -2.31. The normalized spacial score (nSPS) is 16.0. The molecule has 0 unspecified atom stereocenters. The van der Waals surface area contributed by atoms with Crippen LogP contribution < -0.4 is 15.9 Å². The van der Waals surface area contributed by atoms with Crippen molar-refractivity contribution in [1.29, 1.82) is 0 Å². The minimum Gasteiger partial charge on any atom is -0.273 e. The quantitative estimate of drug-likeness (QED) is 0.132. The van der Waals surface area contributed by atoms with Gasteiger partial charge in [0.05, 0.1) is 5.57 Å². The molecule has 1 nitrogen and oxygen atoms in total. The van der Waals surface area contributed by atoms with Crippen LogP contribution >= 0.6 is 6.89 Å². The van der Waals surface area contributed by atoms with Crippen molar-refractivity contribution in [2.24, 2.45) is 0 Å². The Hall–Kier alpha value is -4.71. The number of carbonyl (C=O) groups excluding carboxylic acids is 1. The Bertz CT molecular complexity index is 1790. The van der Waals surface area contributed by atoms with Crippen LogP contribution in [0.25, 0.3) is 23.3 Å². The Labute approximate surface area is 235 Å². The minimum absolute atomic E-state index is 0.295. The van der Waals surface area contributed by atoms with Gasteiger partial charge < -0.3 is 0 Å². The van der Waals surface area contributed by atoms with E-state index < -0.39 is 6.89 Å². The summed E-state index contributed by atoms with van der Waals surface area (Å²) in [6.07, 6.45) is 8.42. The molecular weight excluding hydrogens is 503 g/mol. The van der Waals surface area contributed by atoms with Crippen LogP contribution in [0.3, 0.4) is 0 Å². The van der Waals surface area contributed by atoms with Crippen LogP contribution in [0.4, 0.5) is 0 Å². The van der Waals surface area contributed by atoms with Gasteiger partial charge in [0, 0.05) is 11.6 Å². The zero-order valence-electron chi connectivity index (χ0n) is 22.0. The van der Waals surface area contributed by atoms with Crippen LogP contribution in [0.5, 0.6) is 0 Å². The first kappa shape index (κ1) is 24.3. The first-order valence-corrected chi connectivity index (χ1v) is 15.4. The molecule has 0 atom stereocenters. The van der Waals surface area contributed by atoms with E-state index in [-0.39, 0.29) is 0 Å². The van der Waals surface area contributed by atoms with E-state index in [1.54, 1.807) is 0 Å². The van der Waals surface area contributed by atoms with Gasteiger partial charge in [0.15, 0.2) is 0 Å². The topological polar surface area (TPSA) is 21.4 Å². The van der Waals surface area contributed by atoms with Crippen molar-refractivity contribution in [3.63, 3.8) is 0 Å². The fraction of sp³-hybridized carbons (Fsp3) is 0. The number of benzene rings is 5. The molecule has 5 aromatic rings. The molecule has 0 aliphatic heterocycles. The maximum atomic E-state index is 11.6. The highest BCUT2D eigenvalue weighted by Crippen LogP contribution is 2.52. The van der Waals surface area contributed by atoms with Gasteiger partial charge in [0.1, 0.15) is 0 Å². The van der Waals surface area contributed by atoms with Crippen LogP contribution in [0, 0.1) is 0 Å². The number of ketones is 1. The summed E-state index contributed by atoms with van der Waals surface area (Å²) in [5.41, 5.74) is 6.43. The average Bonchev–Trinajstić information content (AvgIpc) is 3.03. The highest BCUT2D eigenvalue weighted by Gasteiger charge is 2.36. The van der Waals surface area contributed by atoms with Gasteiger partial charge in [0.25, 0.3) is 0 Å². The Morgan fingerprint density at radius 2 is 0.775 bits per heavy atom. The van der Waals surface area contributed by atoms with E-state index >= 15 is 0 Å². The molecule has 0 aromatic heterocycles. The molecule has 2 heteroatoms. The summed E-state index contributed by atoms with van der Waals surface area (Å²) in [5.74, 6) is 0.295. The molecule has 40 heavy (non-hydrogen) atoms. The van der Waals surface area contributed by atoms with E-state index in [0.29, 0.717) is 5.78 Å². The van der Waals surface area contributed by atoms with Gasteiger partial charge >= 0.3 is 5.78 Å². The van der Waals surface area contributed by atoms with Gasteiger partial charge in [-0.15, -0.1) is 0 Å². The molecule has 1 N–H and O–H groups in total. The van der Waals surface area contributed by atoms with Crippen LogP contribution in [0.15, 0.2) is 152 Å². The first-order chi connectivity index (χ1) is 19.8. The third-order valence-corrected chi connectivity index (χ3v) is 12.2. The lowest BCUT2D eigenvalue weighted by molar-refractivity contribution is 0.685. The minimum atomic E-state index is -2.42. The predicted octanol–water partition coefficient (Wildman–Crippen LogP) is 7.36. The number of allylic oxidation sites excluding steroid dienone is 4. The van der Waals surface area contributed by atoms with Crippen molar-refractivity contribution in [3.05, 3.63) is 174 Å². The summed E-state index contributed by atoms with van der Waals surface area (Å²) in [4.78, 5) is 11.6. The standard InChI is InChI=1S/C38H27OP/c39-35-26-24-28-14-10-12-22-33(28)37(35)38-34-23-13-11-15-29(34)25-27-36(38)40(30-16-4-1-5-17-30,31-18-6-2-7-19-31)32-20-8-3-9-21-32/h1-27H/p+1. The van der Waals surface area contributed by atoms with E-state index in [9.17, 15) is 4.79 Å². The fourth-order valence-corrected chi connectivity index (χ4v) is 10.6. The third-order valence-electron chi connectivity index (χ3n) is 7.86. The largest absolute Gasteiger partial charge is 0.348 e.